The Kier molecular flexibility index (Phi) is 11.1. The molecule has 262 valence electrons. The Bertz CT molecular complexity index is 1460. The highest BCUT2D eigenvalue weighted by molar-refractivity contribution is 6.74. The first-order valence-corrected chi connectivity index (χ1v) is 19.6. The van der Waals surface area contributed by atoms with Crippen LogP contribution < -0.4 is 0 Å². The Morgan fingerprint density at radius 1 is 1.08 bits per heavy atom. The van der Waals surface area contributed by atoms with Crippen molar-refractivity contribution in [3.8, 4) is 0 Å². The Hall–Kier alpha value is -3.77. The van der Waals surface area contributed by atoms with Crippen molar-refractivity contribution in [2.24, 2.45) is 11.8 Å². The van der Waals surface area contributed by atoms with Gasteiger partial charge in [-0.3, -0.25) is 19.2 Å². The zero-order chi connectivity index (χ0) is 35.6. The van der Waals surface area contributed by atoms with Gasteiger partial charge in [0.25, 0.3) is 5.91 Å². The molecule has 1 aliphatic carbocycles. The molecule has 0 bridgehead atoms. The maximum atomic E-state index is 14.8. The minimum Gasteiger partial charge on any atom is -0.463 e. The molecule has 1 aromatic rings. The van der Waals surface area contributed by atoms with Gasteiger partial charge in [0.1, 0.15) is 13.2 Å². The summed E-state index contributed by atoms with van der Waals surface area (Å²) in [6.45, 7) is 17.2. The molecule has 0 aromatic heterocycles. The molecule has 1 saturated heterocycles. The number of esters is 2. The van der Waals surface area contributed by atoms with Crippen LogP contribution in [0.1, 0.15) is 72.3 Å². The van der Waals surface area contributed by atoms with Crippen molar-refractivity contribution in [1.29, 1.82) is 0 Å². The van der Waals surface area contributed by atoms with Crippen LogP contribution in [0.3, 0.4) is 0 Å². The highest BCUT2D eigenvalue weighted by atomic mass is 28.4. The van der Waals surface area contributed by atoms with Gasteiger partial charge in [-0.05, 0) is 43.5 Å². The van der Waals surface area contributed by atoms with E-state index in [2.05, 4.69) is 40.4 Å². The van der Waals surface area contributed by atoms with Crippen molar-refractivity contribution in [3.05, 3.63) is 54.3 Å². The third-order valence-corrected chi connectivity index (χ3v) is 14.9. The number of likely N-dealkylation sites (tertiary alicyclic amines) is 1. The first-order chi connectivity index (χ1) is 22.5. The van der Waals surface area contributed by atoms with Crippen LogP contribution >= 0.6 is 0 Å². The van der Waals surface area contributed by atoms with Crippen LogP contribution in [0.25, 0.3) is 5.57 Å². The standard InChI is InChI=1S/C36H50N2O9Si/c1-10-21-45-26(39)22-37-29(27(32(37)41)24(3)47-48(8,9)35(4,5)6)23(2)31(40)38-33(42)28(25-17-13-11-14-18-25)30(34(43)44-7)46-36(38)19-15-12-16-20-36/h10-11,13-14,17-18,23-24,27,29H,1,12,15-16,19-22H2,2-9H3. The third kappa shape index (κ3) is 7.00. The number of nitrogens with zero attached hydrogens (tertiary/aromatic N) is 2. The van der Waals surface area contributed by atoms with Crippen LogP contribution in [0.4, 0.5) is 0 Å². The van der Waals surface area contributed by atoms with E-state index in [-0.39, 0.29) is 35.4 Å². The molecule has 2 fully saturated rings. The predicted octanol–water partition coefficient (Wildman–Crippen LogP) is 5.22. The second-order valence-electron chi connectivity index (χ2n) is 14.5. The minimum absolute atomic E-state index is 0.0202. The Morgan fingerprint density at radius 3 is 2.27 bits per heavy atom. The zero-order valence-corrected chi connectivity index (χ0v) is 30.5. The van der Waals surface area contributed by atoms with E-state index in [0.717, 1.165) is 6.42 Å². The van der Waals surface area contributed by atoms with Gasteiger partial charge in [0, 0.05) is 12.8 Å². The maximum absolute atomic E-state index is 14.8. The Labute approximate surface area is 284 Å². The van der Waals surface area contributed by atoms with Gasteiger partial charge >= 0.3 is 11.9 Å². The molecule has 1 aromatic carbocycles. The van der Waals surface area contributed by atoms with Crippen molar-refractivity contribution in [2.75, 3.05) is 20.3 Å². The Morgan fingerprint density at radius 2 is 1.71 bits per heavy atom. The van der Waals surface area contributed by atoms with Crippen LogP contribution in [-0.2, 0) is 42.6 Å². The normalized spacial score (nSPS) is 22.4. The molecule has 12 heteroatoms. The number of benzene rings is 1. The first-order valence-electron chi connectivity index (χ1n) is 16.7. The highest BCUT2D eigenvalue weighted by Gasteiger charge is 2.60. The van der Waals surface area contributed by atoms with E-state index in [4.69, 9.17) is 18.6 Å². The SMILES string of the molecule is C=CCOC(=O)CN1C(=O)C(C(C)O[Si](C)(C)C(C)(C)C)C1C(C)C(=O)N1C(=O)C(c2ccccc2)=C(C(=O)OC)OC12CCCCC2. The fourth-order valence-electron chi connectivity index (χ4n) is 6.75. The fraction of sp³-hybridized carbons (Fsp3) is 0.583. The molecule has 3 amide bonds. The molecule has 2 aliphatic heterocycles. The second-order valence-corrected chi connectivity index (χ2v) is 19.2. The second kappa shape index (κ2) is 14.4. The van der Waals surface area contributed by atoms with E-state index >= 15 is 0 Å². The van der Waals surface area contributed by atoms with Crippen molar-refractivity contribution in [1.82, 2.24) is 9.80 Å². The van der Waals surface area contributed by atoms with Crippen LogP contribution in [0.15, 0.2) is 48.7 Å². The number of hydrogen-bond acceptors (Lipinski definition) is 9. The maximum Gasteiger partial charge on any atom is 0.374 e. The van der Waals surface area contributed by atoms with Gasteiger partial charge in [0.2, 0.25) is 17.6 Å². The van der Waals surface area contributed by atoms with Gasteiger partial charge < -0.3 is 23.5 Å². The number of methoxy groups -OCH3 is 1. The van der Waals surface area contributed by atoms with Gasteiger partial charge in [-0.2, -0.15) is 0 Å². The molecule has 1 saturated carbocycles. The van der Waals surface area contributed by atoms with Crippen molar-refractivity contribution < 1.29 is 42.6 Å². The fourth-order valence-corrected chi connectivity index (χ4v) is 8.18. The topological polar surface area (TPSA) is 129 Å². The van der Waals surface area contributed by atoms with E-state index in [0.29, 0.717) is 31.2 Å². The molecule has 2 heterocycles. The number of rotatable bonds is 11. The molecule has 4 unspecified atom stereocenters. The molecule has 48 heavy (non-hydrogen) atoms. The largest absolute Gasteiger partial charge is 0.463 e. The molecule has 4 atom stereocenters. The number of carbonyl (C=O) groups excluding carboxylic acids is 5. The van der Waals surface area contributed by atoms with Crippen molar-refractivity contribution in [2.45, 2.75) is 103 Å². The smallest absolute Gasteiger partial charge is 0.374 e. The van der Waals surface area contributed by atoms with Crippen LogP contribution in [0.2, 0.25) is 18.1 Å². The molecule has 4 rings (SSSR count). The molecular formula is C36H50N2O9Si. The minimum atomic E-state index is -2.34. The average Bonchev–Trinajstić information content (AvgIpc) is 3.03. The number of amides is 3. The third-order valence-electron chi connectivity index (χ3n) is 10.3. The Balaban J connectivity index is 1.78. The first kappa shape index (κ1) is 37.1. The number of hydrogen-bond donors (Lipinski definition) is 0. The zero-order valence-electron chi connectivity index (χ0n) is 29.5. The molecule has 11 nitrogen and oxygen atoms in total. The lowest BCUT2D eigenvalue weighted by molar-refractivity contribution is -0.197. The van der Waals surface area contributed by atoms with Gasteiger partial charge in [-0.25, -0.2) is 9.69 Å². The number of carbonyl (C=O) groups is 5. The number of ether oxygens (including phenoxy) is 3. The highest BCUT2D eigenvalue weighted by Crippen LogP contribution is 2.47. The molecular weight excluding hydrogens is 632 g/mol. The van der Waals surface area contributed by atoms with E-state index < -0.39 is 61.8 Å². The summed E-state index contributed by atoms with van der Waals surface area (Å²) >= 11 is 0. The average molecular weight is 683 g/mol. The van der Waals surface area contributed by atoms with E-state index in [1.54, 1.807) is 37.3 Å². The summed E-state index contributed by atoms with van der Waals surface area (Å²) in [7, 11) is -1.13. The summed E-state index contributed by atoms with van der Waals surface area (Å²) in [5.74, 6) is -4.93. The summed E-state index contributed by atoms with van der Waals surface area (Å²) in [5, 5.41) is -0.137. The summed E-state index contributed by atoms with van der Waals surface area (Å²) in [6, 6.07) is 7.78. The quantitative estimate of drug-likeness (QED) is 0.134. The summed E-state index contributed by atoms with van der Waals surface area (Å²) in [6.07, 6.45) is 3.74. The number of β-lactam (4-membered cyclic amide) rings is 1. The van der Waals surface area contributed by atoms with E-state index in [1.807, 2.05) is 6.92 Å². The van der Waals surface area contributed by atoms with E-state index in [1.165, 1.54) is 23.0 Å². The summed E-state index contributed by atoms with van der Waals surface area (Å²) in [5.41, 5.74) is -1.08. The summed E-state index contributed by atoms with van der Waals surface area (Å²) < 4.78 is 23.3. The van der Waals surface area contributed by atoms with Crippen molar-refractivity contribution in [3.63, 3.8) is 0 Å². The van der Waals surface area contributed by atoms with Gasteiger partial charge in [0.05, 0.1) is 36.7 Å². The van der Waals surface area contributed by atoms with E-state index in [9.17, 15) is 24.0 Å². The molecule has 1 spiro atoms. The van der Waals surface area contributed by atoms with Crippen molar-refractivity contribution >= 4 is 43.6 Å². The molecule has 0 radical (unpaired) electrons. The number of imide groups is 1. The monoisotopic (exact) mass is 682 g/mol. The van der Waals surface area contributed by atoms with Crippen LogP contribution in [0.5, 0.6) is 0 Å². The lowest BCUT2D eigenvalue weighted by atomic mass is 9.75. The molecule has 3 aliphatic rings. The van der Waals surface area contributed by atoms with Gasteiger partial charge in [0.15, 0.2) is 14.0 Å². The van der Waals surface area contributed by atoms with Gasteiger partial charge in [-0.1, -0.05) is 77.1 Å². The predicted molar refractivity (Wildman–Crippen MR) is 181 cm³/mol. The van der Waals surface area contributed by atoms with Crippen LogP contribution in [-0.4, -0.2) is 85.9 Å². The molecule has 0 N–H and O–H groups in total. The summed E-state index contributed by atoms with van der Waals surface area (Å²) in [4.78, 5) is 71.6. The van der Waals surface area contributed by atoms with Crippen LogP contribution in [0, 0.1) is 11.8 Å². The lowest BCUT2D eigenvalue weighted by Crippen LogP contribution is -2.71. The lowest BCUT2D eigenvalue weighted by Gasteiger charge is -2.54. The van der Waals surface area contributed by atoms with Gasteiger partial charge in [-0.15, -0.1) is 0 Å².